The molecular formula is C18H19NO3. The first-order chi connectivity index (χ1) is 10.8. The molecule has 2 aromatic carbocycles. The zero-order chi connectivity index (χ0) is 14.9. The van der Waals surface area contributed by atoms with Gasteiger partial charge in [0.2, 0.25) is 6.79 Å². The Morgan fingerprint density at radius 3 is 2.68 bits per heavy atom. The van der Waals surface area contributed by atoms with Crippen molar-refractivity contribution in [3.63, 3.8) is 0 Å². The normalized spacial score (nSPS) is 18.9. The molecular weight excluding hydrogens is 278 g/mol. The van der Waals surface area contributed by atoms with Crippen LogP contribution in [0.5, 0.6) is 17.2 Å². The third-order valence-electron chi connectivity index (χ3n) is 4.39. The van der Waals surface area contributed by atoms with Crippen LogP contribution in [0, 0.1) is 0 Å². The van der Waals surface area contributed by atoms with Crippen LogP contribution < -0.4 is 19.5 Å². The molecule has 0 amide bonds. The number of benzene rings is 2. The van der Waals surface area contributed by atoms with Crippen LogP contribution in [-0.4, -0.2) is 20.4 Å². The van der Waals surface area contributed by atoms with Crippen molar-refractivity contribution < 1.29 is 14.2 Å². The molecule has 1 unspecified atom stereocenters. The number of fused-ring (bicyclic) bond motifs is 2. The van der Waals surface area contributed by atoms with Crippen molar-refractivity contribution in [1.29, 1.82) is 0 Å². The van der Waals surface area contributed by atoms with Gasteiger partial charge in [0.15, 0.2) is 11.5 Å². The van der Waals surface area contributed by atoms with Crippen molar-refractivity contribution in [3.05, 3.63) is 53.1 Å². The van der Waals surface area contributed by atoms with Crippen molar-refractivity contribution in [2.45, 2.75) is 18.9 Å². The van der Waals surface area contributed by atoms with Gasteiger partial charge in [-0.15, -0.1) is 0 Å². The molecule has 4 nitrogen and oxygen atoms in total. The lowest BCUT2D eigenvalue weighted by Crippen LogP contribution is -2.31. The summed E-state index contributed by atoms with van der Waals surface area (Å²) in [5.41, 5.74) is 3.98. The van der Waals surface area contributed by atoms with Crippen molar-refractivity contribution in [3.8, 4) is 17.2 Å². The lowest BCUT2D eigenvalue weighted by Gasteiger charge is -2.27. The second-order valence-corrected chi connectivity index (χ2v) is 5.71. The van der Waals surface area contributed by atoms with Gasteiger partial charge in [-0.25, -0.2) is 0 Å². The fraction of sp³-hybridized carbons (Fsp3) is 0.333. The summed E-state index contributed by atoms with van der Waals surface area (Å²) in [5.74, 6) is 2.63. The van der Waals surface area contributed by atoms with E-state index in [1.807, 2.05) is 12.1 Å². The lowest BCUT2D eigenvalue weighted by atomic mass is 9.90. The highest BCUT2D eigenvalue weighted by molar-refractivity contribution is 5.51. The van der Waals surface area contributed by atoms with Gasteiger partial charge in [0, 0.05) is 6.04 Å². The predicted molar refractivity (Wildman–Crippen MR) is 83.7 cm³/mol. The predicted octanol–water partition coefficient (Wildman–Crippen LogP) is 2.85. The number of hydrogen-bond donors (Lipinski definition) is 1. The quantitative estimate of drug-likeness (QED) is 0.945. The number of ether oxygens (including phenoxy) is 3. The van der Waals surface area contributed by atoms with Crippen LogP contribution in [0.1, 0.15) is 22.7 Å². The average Bonchev–Trinajstić information content (AvgIpc) is 3.01. The molecule has 0 bridgehead atoms. The maximum Gasteiger partial charge on any atom is 0.231 e. The monoisotopic (exact) mass is 297 g/mol. The van der Waals surface area contributed by atoms with Gasteiger partial charge in [-0.3, -0.25) is 0 Å². The standard InChI is InChI=1S/C18H19NO3/c1-20-14-4-2-12(3-5-14)8-16-15-10-18-17(21-11-22-18)9-13(15)6-7-19-16/h2-5,9-10,16,19H,6-8,11H2,1H3. The van der Waals surface area contributed by atoms with Crippen molar-refractivity contribution >= 4 is 0 Å². The molecule has 114 valence electrons. The van der Waals surface area contributed by atoms with Crippen LogP contribution in [0.25, 0.3) is 0 Å². The van der Waals surface area contributed by atoms with E-state index in [1.165, 1.54) is 16.7 Å². The van der Waals surface area contributed by atoms with Gasteiger partial charge in [0.1, 0.15) is 5.75 Å². The fourth-order valence-electron chi connectivity index (χ4n) is 3.21. The summed E-state index contributed by atoms with van der Waals surface area (Å²) in [6, 6.07) is 12.9. The zero-order valence-corrected chi connectivity index (χ0v) is 12.6. The Morgan fingerprint density at radius 2 is 1.91 bits per heavy atom. The molecule has 1 atom stereocenters. The van der Waals surface area contributed by atoms with Crippen molar-refractivity contribution in [2.75, 3.05) is 20.4 Å². The molecule has 0 saturated heterocycles. The maximum atomic E-state index is 5.53. The summed E-state index contributed by atoms with van der Waals surface area (Å²) in [6.07, 6.45) is 1.99. The highest BCUT2D eigenvalue weighted by Gasteiger charge is 2.24. The topological polar surface area (TPSA) is 39.7 Å². The Morgan fingerprint density at radius 1 is 1.14 bits per heavy atom. The Hall–Kier alpha value is -2.20. The van der Waals surface area contributed by atoms with Crippen LogP contribution in [0.4, 0.5) is 0 Å². The summed E-state index contributed by atoms with van der Waals surface area (Å²) in [6.45, 7) is 1.32. The van der Waals surface area contributed by atoms with Gasteiger partial charge in [-0.1, -0.05) is 12.1 Å². The molecule has 2 aromatic rings. The molecule has 0 spiro atoms. The number of nitrogens with one attached hydrogen (secondary N) is 1. The molecule has 2 heterocycles. The van der Waals surface area contributed by atoms with Gasteiger partial charge in [-0.05, 0) is 60.3 Å². The van der Waals surface area contributed by atoms with Gasteiger partial charge in [0.05, 0.1) is 7.11 Å². The second-order valence-electron chi connectivity index (χ2n) is 5.71. The van der Waals surface area contributed by atoms with Crippen molar-refractivity contribution in [2.24, 2.45) is 0 Å². The minimum atomic E-state index is 0.312. The first kappa shape index (κ1) is 13.5. The molecule has 2 aliphatic rings. The van der Waals surface area contributed by atoms with Crippen molar-refractivity contribution in [1.82, 2.24) is 5.32 Å². The fourth-order valence-corrected chi connectivity index (χ4v) is 3.21. The maximum absolute atomic E-state index is 5.53. The van der Waals surface area contributed by atoms with E-state index in [0.717, 1.165) is 36.6 Å². The van der Waals surface area contributed by atoms with Gasteiger partial charge < -0.3 is 19.5 Å². The van der Waals surface area contributed by atoms with Gasteiger partial charge in [0.25, 0.3) is 0 Å². The van der Waals surface area contributed by atoms with Crippen LogP contribution in [0.15, 0.2) is 36.4 Å². The second kappa shape index (κ2) is 5.54. The van der Waals surface area contributed by atoms with E-state index in [0.29, 0.717) is 12.8 Å². The largest absolute Gasteiger partial charge is 0.497 e. The zero-order valence-electron chi connectivity index (χ0n) is 12.6. The molecule has 0 aromatic heterocycles. The summed E-state index contributed by atoms with van der Waals surface area (Å²) in [4.78, 5) is 0. The molecule has 1 N–H and O–H groups in total. The van der Waals surface area contributed by atoms with E-state index in [2.05, 4.69) is 29.6 Å². The number of rotatable bonds is 3. The van der Waals surface area contributed by atoms with E-state index in [-0.39, 0.29) is 0 Å². The molecule has 4 heteroatoms. The molecule has 4 rings (SSSR count). The third kappa shape index (κ3) is 2.40. The Balaban J connectivity index is 1.61. The highest BCUT2D eigenvalue weighted by atomic mass is 16.7. The Bertz CT molecular complexity index is 681. The molecule has 22 heavy (non-hydrogen) atoms. The molecule has 0 saturated carbocycles. The van der Waals surface area contributed by atoms with E-state index in [1.54, 1.807) is 7.11 Å². The third-order valence-corrected chi connectivity index (χ3v) is 4.39. The van der Waals surface area contributed by atoms with Crippen LogP contribution in [0.3, 0.4) is 0 Å². The number of hydrogen-bond acceptors (Lipinski definition) is 4. The average molecular weight is 297 g/mol. The molecule has 0 fully saturated rings. The molecule has 2 aliphatic heterocycles. The lowest BCUT2D eigenvalue weighted by molar-refractivity contribution is 0.174. The first-order valence-electron chi connectivity index (χ1n) is 7.62. The highest BCUT2D eigenvalue weighted by Crippen LogP contribution is 2.39. The van der Waals surface area contributed by atoms with Crippen LogP contribution >= 0.6 is 0 Å². The summed E-state index contributed by atoms with van der Waals surface area (Å²) in [7, 11) is 1.69. The minimum Gasteiger partial charge on any atom is -0.497 e. The first-order valence-corrected chi connectivity index (χ1v) is 7.62. The SMILES string of the molecule is COc1ccc(CC2NCCc3cc4c(cc32)OCO4)cc1. The molecule has 0 aliphatic carbocycles. The summed E-state index contributed by atoms with van der Waals surface area (Å²) >= 11 is 0. The summed E-state index contributed by atoms with van der Waals surface area (Å²) < 4.78 is 16.2. The van der Waals surface area contributed by atoms with E-state index in [9.17, 15) is 0 Å². The van der Waals surface area contributed by atoms with Crippen LogP contribution in [0.2, 0.25) is 0 Å². The van der Waals surface area contributed by atoms with E-state index in [4.69, 9.17) is 14.2 Å². The Kier molecular flexibility index (Phi) is 3.39. The van der Waals surface area contributed by atoms with Gasteiger partial charge >= 0.3 is 0 Å². The van der Waals surface area contributed by atoms with Crippen LogP contribution in [-0.2, 0) is 12.8 Å². The Labute approximate surface area is 130 Å². The van der Waals surface area contributed by atoms with E-state index < -0.39 is 0 Å². The minimum absolute atomic E-state index is 0.312. The van der Waals surface area contributed by atoms with E-state index >= 15 is 0 Å². The molecule has 0 radical (unpaired) electrons. The smallest absolute Gasteiger partial charge is 0.231 e. The summed E-state index contributed by atoms with van der Waals surface area (Å²) in [5, 5.41) is 3.62. The number of methoxy groups -OCH3 is 1. The van der Waals surface area contributed by atoms with Gasteiger partial charge in [-0.2, -0.15) is 0 Å².